The highest BCUT2D eigenvalue weighted by molar-refractivity contribution is 5.93. The largest absolute Gasteiger partial charge is 0.416 e. The van der Waals surface area contributed by atoms with Gasteiger partial charge in [-0.1, -0.05) is 42.5 Å². The van der Waals surface area contributed by atoms with Gasteiger partial charge in [-0.2, -0.15) is 23.5 Å². The summed E-state index contributed by atoms with van der Waals surface area (Å²) in [6.45, 7) is 2.91. The van der Waals surface area contributed by atoms with Crippen molar-refractivity contribution in [3.8, 4) is 6.07 Å². The van der Waals surface area contributed by atoms with Gasteiger partial charge in [-0.3, -0.25) is 0 Å². The number of alkyl halides is 3. The van der Waals surface area contributed by atoms with E-state index in [4.69, 9.17) is 5.26 Å². The molecule has 1 fully saturated rings. The third-order valence-corrected chi connectivity index (χ3v) is 6.15. The summed E-state index contributed by atoms with van der Waals surface area (Å²) in [5.74, 6) is 1.59. The number of pyridine rings is 1. The smallest absolute Gasteiger partial charge is 0.353 e. The van der Waals surface area contributed by atoms with Crippen LogP contribution in [0, 0.1) is 11.3 Å². The van der Waals surface area contributed by atoms with E-state index in [0.717, 1.165) is 41.6 Å². The number of anilines is 2. The molecular formula is C26H21F3N6. The fraction of sp³-hybridized carbons (Fsp3) is 0.231. The Morgan fingerprint density at radius 1 is 0.857 bits per heavy atom. The Morgan fingerprint density at radius 3 is 2.29 bits per heavy atom. The molecule has 0 unspecified atom stereocenters. The number of nitriles is 1. The Kier molecular flexibility index (Phi) is 5.95. The molecule has 0 radical (unpaired) electrons. The predicted molar refractivity (Wildman–Crippen MR) is 127 cm³/mol. The normalized spacial score (nSPS) is 14.2. The molecule has 3 heterocycles. The molecular weight excluding hydrogens is 453 g/mol. The monoisotopic (exact) mass is 474 g/mol. The molecule has 35 heavy (non-hydrogen) atoms. The molecule has 0 amide bonds. The van der Waals surface area contributed by atoms with Gasteiger partial charge in [0.1, 0.15) is 11.9 Å². The molecule has 0 atom stereocenters. The van der Waals surface area contributed by atoms with Gasteiger partial charge >= 0.3 is 6.18 Å². The van der Waals surface area contributed by atoms with E-state index in [9.17, 15) is 13.2 Å². The maximum atomic E-state index is 13.1. The quantitative estimate of drug-likeness (QED) is 0.422. The van der Waals surface area contributed by atoms with E-state index in [1.807, 2.05) is 30.3 Å². The first kappa shape index (κ1) is 22.6. The standard InChI is InChI=1S/C26H21F3N6/c27-26(28,29)20-5-3-4-18(14-20)15-23-21-6-1-2-7-22(21)25(33-32-23)35-12-10-34(11-13-35)24-9-8-19(16-30)17-31-24/h1-9,14,17H,10-13,15H2. The van der Waals surface area contributed by atoms with Crippen LogP contribution in [0.5, 0.6) is 0 Å². The topological polar surface area (TPSA) is 68.9 Å². The van der Waals surface area contributed by atoms with E-state index < -0.39 is 11.7 Å². The zero-order valence-electron chi connectivity index (χ0n) is 18.7. The lowest BCUT2D eigenvalue weighted by Crippen LogP contribution is -2.47. The molecule has 0 aliphatic carbocycles. The Labute approximate surface area is 200 Å². The number of hydrogen-bond donors (Lipinski definition) is 0. The van der Waals surface area contributed by atoms with E-state index in [2.05, 4.69) is 31.1 Å². The van der Waals surface area contributed by atoms with Crippen molar-refractivity contribution in [3.05, 3.63) is 89.2 Å². The molecule has 1 aliphatic heterocycles. The number of fused-ring (bicyclic) bond motifs is 1. The molecule has 2 aromatic carbocycles. The van der Waals surface area contributed by atoms with E-state index in [0.29, 0.717) is 29.9 Å². The third kappa shape index (κ3) is 4.73. The van der Waals surface area contributed by atoms with Crippen molar-refractivity contribution in [1.82, 2.24) is 15.2 Å². The van der Waals surface area contributed by atoms with Crippen molar-refractivity contribution >= 4 is 22.4 Å². The summed E-state index contributed by atoms with van der Waals surface area (Å²) >= 11 is 0. The molecule has 0 spiro atoms. The van der Waals surface area contributed by atoms with Crippen molar-refractivity contribution in [2.24, 2.45) is 0 Å². The van der Waals surface area contributed by atoms with Crippen molar-refractivity contribution in [2.75, 3.05) is 36.0 Å². The summed E-state index contributed by atoms with van der Waals surface area (Å²) < 4.78 is 39.4. The Morgan fingerprint density at radius 2 is 1.60 bits per heavy atom. The van der Waals surface area contributed by atoms with Gasteiger partial charge in [0, 0.05) is 49.6 Å². The average Bonchev–Trinajstić information content (AvgIpc) is 2.89. The second-order valence-corrected chi connectivity index (χ2v) is 8.38. The van der Waals surface area contributed by atoms with E-state index in [1.54, 1.807) is 18.3 Å². The third-order valence-electron chi connectivity index (χ3n) is 6.15. The predicted octanol–water partition coefficient (Wildman–Crippen LogP) is 4.83. The van der Waals surface area contributed by atoms with Gasteiger partial charge in [0.05, 0.1) is 16.8 Å². The SMILES string of the molecule is N#Cc1ccc(N2CCN(c3nnc(Cc4cccc(C(F)(F)F)c4)c4ccccc34)CC2)nc1. The van der Waals surface area contributed by atoms with Crippen LogP contribution in [0.15, 0.2) is 66.9 Å². The van der Waals surface area contributed by atoms with Gasteiger partial charge in [0.2, 0.25) is 0 Å². The van der Waals surface area contributed by atoms with Crippen LogP contribution in [0.3, 0.4) is 0 Å². The van der Waals surface area contributed by atoms with Gasteiger partial charge in [-0.25, -0.2) is 4.98 Å². The number of rotatable bonds is 4. The molecule has 9 heteroatoms. The first-order valence-corrected chi connectivity index (χ1v) is 11.2. The molecule has 5 rings (SSSR count). The van der Waals surface area contributed by atoms with Crippen LogP contribution in [0.1, 0.15) is 22.4 Å². The molecule has 1 saturated heterocycles. The minimum absolute atomic E-state index is 0.260. The van der Waals surface area contributed by atoms with Gasteiger partial charge < -0.3 is 9.80 Å². The summed E-state index contributed by atoms with van der Waals surface area (Å²) in [5.41, 5.74) is 1.04. The van der Waals surface area contributed by atoms with E-state index in [1.165, 1.54) is 12.1 Å². The van der Waals surface area contributed by atoms with Gasteiger partial charge in [0.25, 0.3) is 0 Å². The highest BCUT2D eigenvalue weighted by Crippen LogP contribution is 2.31. The van der Waals surface area contributed by atoms with Crippen molar-refractivity contribution in [2.45, 2.75) is 12.6 Å². The van der Waals surface area contributed by atoms with Crippen LogP contribution in [-0.4, -0.2) is 41.4 Å². The lowest BCUT2D eigenvalue weighted by Gasteiger charge is -2.36. The number of hydrogen-bond acceptors (Lipinski definition) is 6. The molecule has 4 aromatic rings. The maximum absolute atomic E-state index is 13.1. The Balaban J connectivity index is 1.37. The van der Waals surface area contributed by atoms with Gasteiger partial charge in [-0.15, -0.1) is 5.10 Å². The van der Waals surface area contributed by atoms with Gasteiger partial charge in [0.15, 0.2) is 5.82 Å². The van der Waals surface area contributed by atoms with Crippen LogP contribution in [-0.2, 0) is 12.6 Å². The highest BCUT2D eigenvalue weighted by Gasteiger charge is 2.30. The first-order chi connectivity index (χ1) is 16.9. The molecule has 2 aromatic heterocycles. The number of halogens is 3. The summed E-state index contributed by atoms with van der Waals surface area (Å²) in [7, 11) is 0. The summed E-state index contributed by atoms with van der Waals surface area (Å²) in [4.78, 5) is 8.71. The molecule has 0 saturated carbocycles. The zero-order valence-corrected chi connectivity index (χ0v) is 18.7. The van der Waals surface area contributed by atoms with Crippen LogP contribution in [0.4, 0.5) is 24.8 Å². The number of aromatic nitrogens is 3. The first-order valence-electron chi connectivity index (χ1n) is 11.2. The second kappa shape index (κ2) is 9.22. The zero-order chi connectivity index (χ0) is 24.4. The van der Waals surface area contributed by atoms with E-state index in [-0.39, 0.29) is 6.42 Å². The van der Waals surface area contributed by atoms with Crippen LogP contribution in [0.2, 0.25) is 0 Å². The molecule has 6 nitrogen and oxygen atoms in total. The maximum Gasteiger partial charge on any atom is 0.416 e. The lowest BCUT2D eigenvalue weighted by atomic mass is 10.0. The number of nitrogens with zero attached hydrogens (tertiary/aromatic N) is 6. The van der Waals surface area contributed by atoms with Crippen molar-refractivity contribution < 1.29 is 13.2 Å². The minimum atomic E-state index is -4.39. The van der Waals surface area contributed by atoms with Crippen LogP contribution < -0.4 is 9.80 Å². The summed E-state index contributed by atoms with van der Waals surface area (Å²) in [6, 6.07) is 18.8. The van der Waals surface area contributed by atoms with Crippen molar-refractivity contribution in [3.63, 3.8) is 0 Å². The fourth-order valence-electron chi connectivity index (χ4n) is 4.35. The summed E-state index contributed by atoms with van der Waals surface area (Å²) in [5, 5.41) is 19.7. The average molecular weight is 474 g/mol. The summed E-state index contributed by atoms with van der Waals surface area (Å²) in [6.07, 6.45) is -2.55. The second-order valence-electron chi connectivity index (χ2n) is 8.38. The lowest BCUT2D eigenvalue weighted by molar-refractivity contribution is -0.137. The molecule has 1 aliphatic rings. The van der Waals surface area contributed by atoms with Crippen LogP contribution >= 0.6 is 0 Å². The molecule has 0 N–H and O–H groups in total. The van der Waals surface area contributed by atoms with Crippen LogP contribution in [0.25, 0.3) is 10.8 Å². The molecule has 176 valence electrons. The van der Waals surface area contributed by atoms with Gasteiger partial charge in [-0.05, 0) is 23.8 Å². The molecule has 0 bridgehead atoms. The number of piperazine rings is 1. The fourth-order valence-corrected chi connectivity index (χ4v) is 4.35. The minimum Gasteiger partial charge on any atom is -0.353 e. The number of benzene rings is 2. The Bertz CT molecular complexity index is 1390. The van der Waals surface area contributed by atoms with Crippen molar-refractivity contribution in [1.29, 1.82) is 5.26 Å². The van der Waals surface area contributed by atoms with E-state index >= 15 is 0 Å². The highest BCUT2D eigenvalue weighted by atomic mass is 19.4. The Hall–Kier alpha value is -4.19.